The van der Waals surface area contributed by atoms with Crippen LogP contribution >= 0.6 is 0 Å². The van der Waals surface area contributed by atoms with Crippen LogP contribution in [0.5, 0.6) is 0 Å². The number of amides is 1. The van der Waals surface area contributed by atoms with E-state index in [-0.39, 0.29) is 11.6 Å². The summed E-state index contributed by atoms with van der Waals surface area (Å²) in [7, 11) is 0. The molecule has 4 nitrogen and oxygen atoms in total. The number of halogens is 3. The van der Waals surface area contributed by atoms with Gasteiger partial charge in [0.25, 0.3) is 11.5 Å². The number of aromatic amines is 1. The highest BCUT2D eigenvalue weighted by molar-refractivity contribution is 5.94. The van der Waals surface area contributed by atoms with Crippen LogP contribution in [0.4, 0.5) is 13.2 Å². The number of hydrogen-bond donors (Lipinski definition) is 2. The van der Waals surface area contributed by atoms with Crippen molar-refractivity contribution in [2.75, 3.05) is 0 Å². The van der Waals surface area contributed by atoms with Crippen LogP contribution < -0.4 is 10.9 Å². The number of carbonyl (C=O) groups is 1. The Bertz CT molecular complexity index is 558. The topological polar surface area (TPSA) is 62.0 Å². The van der Waals surface area contributed by atoms with Crippen molar-refractivity contribution >= 4 is 5.91 Å². The molecule has 1 aromatic heterocycles. The van der Waals surface area contributed by atoms with E-state index in [9.17, 15) is 22.8 Å². The summed E-state index contributed by atoms with van der Waals surface area (Å²) >= 11 is 0. The molecule has 1 aliphatic rings. The fourth-order valence-corrected chi connectivity index (χ4v) is 2.50. The lowest BCUT2D eigenvalue weighted by molar-refractivity contribution is -0.141. The number of aromatic nitrogens is 1. The second-order valence-electron chi connectivity index (χ2n) is 5.27. The Kier molecular flexibility index (Phi) is 4.69. The summed E-state index contributed by atoms with van der Waals surface area (Å²) in [5, 5.41) is 2.73. The van der Waals surface area contributed by atoms with Crippen molar-refractivity contribution in [2.45, 2.75) is 50.7 Å². The molecule has 1 aliphatic carbocycles. The lowest BCUT2D eigenvalue weighted by Gasteiger charge is -2.16. The quantitative estimate of drug-likeness (QED) is 0.825. The maximum Gasteiger partial charge on any atom is 0.431 e. The number of carbonyl (C=O) groups excluding carboxylic acids is 1. The fourth-order valence-electron chi connectivity index (χ4n) is 2.50. The third-order valence-corrected chi connectivity index (χ3v) is 3.65. The van der Waals surface area contributed by atoms with Gasteiger partial charge in [-0.1, -0.05) is 25.7 Å². The Labute approximate surface area is 119 Å². The standard InChI is InChI=1S/C14H17F3N2O2/c15-14(16,17)11-8-7-10(13(21)19-11)12(20)18-9-5-3-1-2-4-6-9/h7-9H,1-6H2,(H,18,20)(H,19,21). The number of hydrogen-bond acceptors (Lipinski definition) is 2. The minimum atomic E-state index is -4.63. The predicted octanol–water partition coefficient (Wildman–Crippen LogP) is 2.85. The van der Waals surface area contributed by atoms with Crippen LogP contribution in [0, 0.1) is 0 Å². The van der Waals surface area contributed by atoms with Crippen LogP contribution in [0.25, 0.3) is 0 Å². The van der Waals surface area contributed by atoms with Gasteiger partial charge in [0.05, 0.1) is 0 Å². The summed E-state index contributed by atoms with van der Waals surface area (Å²) in [5.41, 5.74) is -2.46. The van der Waals surface area contributed by atoms with E-state index in [1.54, 1.807) is 4.98 Å². The van der Waals surface area contributed by atoms with Gasteiger partial charge in [-0.15, -0.1) is 0 Å². The van der Waals surface area contributed by atoms with E-state index < -0.39 is 23.3 Å². The van der Waals surface area contributed by atoms with Crippen LogP contribution in [-0.4, -0.2) is 16.9 Å². The highest BCUT2D eigenvalue weighted by Crippen LogP contribution is 2.26. The Morgan fingerprint density at radius 2 is 1.76 bits per heavy atom. The SMILES string of the molecule is O=C(NC1CCCCCC1)c1ccc(C(F)(F)F)[nH]c1=O. The number of pyridine rings is 1. The van der Waals surface area contributed by atoms with Gasteiger partial charge in [-0.2, -0.15) is 13.2 Å². The Hall–Kier alpha value is -1.79. The minimum Gasteiger partial charge on any atom is -0.349 e. The zero-order valence-corrected chi connectivity index (χ0v) is 11.4. The zero-order chi connectivity index (χ0) is 15.5. The molecule has 0 radical (unpaired) electrons. The maximum atomic E-state index is 12.4. The first-order valence-corrected chi connectivity index (χ1v) is 6.99. The van der Waals surface area contributed by atoms with E-state index in [2.05, 4.69) is 5.32 Å². The Balaban J connectivity index is 2.10. The molecule has 1 aromatic rings. The van der Waals surface area contributed by atoms with Crippen molar-refractivity contribution in [2.24, 2.45) is 0 Å². The smallest absolute Gasteiger partial charge is 0.349 e. The van der Waals surface area contributed by atoms with Crippen LogP contribution in [-0.2, 0) is 6.18 Å². The largest absolute Gasteiger partial charge is 0.431 e. The van der Waals surface area contributed by atoms with E-state index in [0.717, 1.165) is 44.6 Å². The second kappa shape index (κ2) is 6.32. The second-order valence-corrected chi connectivity index (χ2v) is 5.27. The lowest BCUT2D eigenvalue weighted by atomic mass is 10.1. The van der Waals surface area contributed by atoms with Gasteiger partial charge < -0.3 is 10.3 Å². The molecule has 7 heteroatoms. The zero-order valence-electron chi connectivity index (χ0n) is 11.4. The van der Waals surface area contributed by atoms with Gasteiger partial charge in [0.15, 0.2) is 0 Å². The molecule has 0 atom stereocenters. The van der Waals surface area contributed by atoms with E-state index >= 15 is 0 Å². The van der Waals surface area contributed by atoms with Gasteiger partial charge in [0, 0.05) is 6.04 Å². The highest BCUT2D eigenvalue weighted by atomic mass is 19.4. The van der Waals surface area contributed by atoms with Crippen molar-refractivity contribution in [1.29, 1.82) is 0 Å². The van der Waals surface area contributed by atoms with Crippen LogP contribution in [0.2, 0.25) is 0 Å². The summed E-state index contributed by atoms with van der Waals surface area (Å²) in [6, 6.07) is 1.62. The molecule has 21 heavy (non-hydrogen) atoms. The van der Waals surface area contributed by atoms with Crippen molar-refractivity contribution in [1.82, 2.24) is 10.3 Å². The molecule has 0 spiro atoms. The number of rotatable bonds is 2. The first kappa shape index (κ1) is 15.6. The number of alkyl halides is 3. The Morgan fingerprint density at radius 3 is 2.29 bits per heavy atom. The van der Waals surface area contributed by atoms with Gasteiger partial charge in [0.2, 0.25) is 0 Å². The molecule has 116 valence electrons. The lowest BCUT2D eigenvalue weighted by Crippen LogP contribution is -2.37. The summed E-state index contributed by atoms with van der Waals surface area (Å²) in [6.07, 6.45) is 1.30. The average molecular weight is 302 g/mol. The van der Waals surface area contributed by atoms with E-state index in [4.69, 9.17) is 0 Å². The van der Waals surface area contributed by atoms with Crippen LogP contribution in [0.3, 0.4) is 0 Å². The van der Waals surface area contributed by atoms with Gasteiger partial charge in [-0.25, -0.2) is 0 Å². The summed E-state index contributed by atoms with van der Waals surface area (Å²) in [4.78, 5) is 25.3. The molecule has 1 saturated carbocycles. The molecule has 1 fully saturated rings. The van der Waals surface area contributed by atoms with Crippen LogP contribution in [0.1, 0.15) is 54.6 Å². The van der Waals surface area contributed by atoms with Crippen molar-refractivity contribution in [3.63, 3.8) is 0 Å². The molecular formula is C14H17F3N2O2. The van der Waals surface area contributed by atoms with E-state index in [0.29, 0.717) is 6.07 Å². The van der Waals surface area contributed by atoms with Gasteiger partial charge in [0.1, 0.15) is 11.3 Å². The van der Waals surface area contributed by atoms with Crippen molar-refractivity contribution in [3.8, 4) is 0 Å². The first-order valence-electron chi connectivity index (χ1n) is 6.99. The third-order valence-electron chi connectivity index (χ3n) is 3.65. The molecule has 0 unspecified atom stereocenters. The van der Waals surface area contributed by atoms with Gasteiger partial charge >= 0.3 is 6.18 Å². The molecule has 1 heterocycles. The third kappa shape index (κ3) is 4.09. The molecule has 0 bridgehead atoms. The van der Waals surface area contributed by atoms with E-state index in [1.807, 2.05) is 0 Å². The van der Waals surface area contributed by atoms with E-state index in [1.165, 1.54) is 0 Å². The monoisotopic (exact) mass is 302 g/mol. The molecule has 2 N–H and O–H groups in total. The number of nitrogens with one attached hydrogen (secondary N) is 2. The number of H-pyrrole nitrogens is 1. The highest BCUT2D eigenvalue weighted by Gasteiger charge is 2.32. The molecular weight excluding hydrogens is 285 g/mol. The van der Waals surface area contributed by atoms with Crippen molar-refractivity contribution in [3.05, 3.63) is 33.7 Å². The average Bonchev–Trinajstić information content (AvgIpc) is 2.66. The maximum absolute atomic E-state index is 12.4. The molecule has 2 rings (SSSR count). The van der Waals surface area contributed by atoms with Gasteiger partial charge in [-0.05, 0) is 25.0 Å². The van der Waals surface area contributed by atoms with Crippen molar-refractivity contribution < 1.29 is 18.0 Å². The molecule has 0 aliphatic heterocycles. The van der Waals surface area contributed by atoms with Crippen LogP contribution in [0.15, 0.2) is 16.9 Å². The fraction of sp³-hybridized carbons (Fsp3) is 0.571. The first-order chi connectivity index (χ1) is 9.88. The predicted molar refractivity (Wildman–Crippen MR) is 71.0 cm³/mol. The molecule has 0 saturated heterocycles. The van der Waals surface area contributed by atoms with Gasteiger partial charge in [-0.3, -0.25) is 9.59 Å². The summed E-state index contributed by atoms with van der Waals surface area (Å²) in [6.45, 7) is 0. The summed E-state index contributed by atoms with van der Waals surface area (Å²) in [5.74, 6) is -0.614. The summed E-state index contributed by atoms with van der Waals surface area (Å²) < 4.78 is 37.3. The minimum absolute atomic E-state index is 0.0123. The Morgan fingerprint density at radius 1 is 1.14 bits per heavy atom. The normalized spacial score (nSPS) is 17.3. The molecule has 1 amide bonds. The molecule has 0 aromatic carbocycles.